The molecular weight excluding hydrogens is 266 g/mol. The lowest BCUT2D eigenvalue weighted by atomic mass is 9.96. The number of ether oxygens (including phenoxy) is 1. The average molecular weight is 279 g/mol. The second-order valence-electron chi connectivity index (χ2n) is 4.39. The van der Waals surface area contributed by atoms with Gasteiger partial charge in [-0.15, -0.1) is 0 Å². The molecule has 2 aromatic rings. The van der Waals surface area contributed by atoms with Crippen LogP contribution in [0.25, 0.3) is 11.1 Å². The number of hydrogen-bond acceptors (Lipinski definition) is 4. The Labute approximate surface area is 122 Å². The van der Waals surface area contributed by atoms with Gasteiger partial charge in [0.1, 0.15) is 0 Å². The lowest BCUT2D eigenvalue weighted by molar-refractivity contribution is -0.141. The maximum Gasteiger partial charge on any atom is 0.331 e. The van der Waals surface area contributed by atoms with Crippen molar-refractivity contribution in [3.63, 3.8) is 0 Å². The Morgan fingerprint density at radius 2 is 1.57 bits per heavy atom. The van der Waals surface area contributed by atoms with E-state index < -0.39 is 17.7 Å². The number of hydrogen-bond donors (Lipinski definition) is 0. The van der Waals surface area contributed by atoms with Gasteiger partial charge in [-0.05, 0) is 11.1 Å². The Morgan fingerprint density at radius 1 is 1.00 bits per heavy atom. The molecule has 21 heavy (non-hydrogen) atoms. The molecule has 0 spiro atoms. The van der Waals surface area contributed by atoms with Gasteiger partial charge in [-0.2, -0.15) is 5.26 Å². The van der Waals surface area contributed by atoms with Gasteiger partial charge >= 0.3 is 5.97 Å². The quantitative estimate of drug-likeness (QED) is 0.490. The molecular formula is C17H13NO3. The number of carbonyl (C=O) groups excluding carboxylic acids is 2. The number of rotatable bonds is 4. The minimum atomic E-state index is -1.42. The fourth-order valence-electron chi connectivity index (χ4n) is 1.96. The van der Waals surface area contributed by atoms with Crippen molar-refractivity contribution in [2.75, 3.05) is 7.11 Å². The number of nitriles is 1. The van der Waals surface area contributed by atoms with Crippen LogP contribution in [0, 0.1) is 17.2 Å². The highest BCUT2D eigenvalue weighted by molar-refractivity contribution is 6.10. The topological polar surface area (TPSA) is 67.2 Å². The number of benzene rings is 2. The molecule has 0 aliphatic heterocycles. The third-order valence-electron chi connectivity index (χ3n) is 3.10. The molecule has 0 saturated carbocycles. The number of nitrogens with zero attached hydrogens (tertiary/aromatic N) is 1. The van der Waals surface area contributed by atoms with Gasteiger partial charge in [0.15, 0.2) is 5.78 Å². The summed E-state index contributed by atoms with van der Waals surface area (Å²) in [6, 6.07) is 18.2. The zero-order valence-corrected chi connectivity index (χ0v) is 11.4. The first-order valence-corrected chi connectivity index (χ1v) is 6.34. The molecule has 1 atom stereocenters. The monoisotopic (exact) mass is 279 g/mol. The van der Waals surface area contributed by atoms with Gasteiger partial charge in [0.2, 0.25) is 5.92 Å². The molecule has 0 bridgehead atoms. The van der Waals surface area contributed by atoms with Crippen LogP contribution in [0.15, 0.2) is 54.6 Å². The molecule has 0 N–H and O–H groups in total. The van der Waals surface area contributed by atoms with Gasteiger partial charge in [-0.1, -0.05) is 54.6 Å². The van der Waals surface area contributed by atoms with E-state index in [9.17, 15) is 9.59 Å². The summed E-state index contributed by atoms with van der Waals surface area (Å²) >= 11 is 0. The second-order valence-corrected chi connectivity index (χ2v) is 4.39. The van der Waals surface area contributed by atoms with Gasteiger partial charge in [-0.3, -0.25) is 9.59 Å². The summed E-state index contributed by atoms with van der Waals surface area (Å²) in [4.78, 5) is 23.5. The van der Waals surface area contributed by atoms with Crippen molar-refractivity contribution in [3.8, 4) is 17.2 Å². The lowest BCUT2D eigenvalue weighted by Crippen LogP contribution is -2.23. The first-order chi connectivity index (χ1) is 10.2. The third kappa shape index (κ3) is 3.15. The van der Waals surface area contributed by atoms with Crippen LogP contribution in [0.4, 0.5) is 0 Å². The average Bonchev–Trinajstić information content (AvgIpc) is 2.56. The fraction of sp³-hybridized carbons (Fsp3) is 0.118. The van der Waals surface area contributed by atoms with Gasteiger partial charge in [0.05, 0.1) is 13.2 Å². The van der Waals surface area contributed by atoms with Gasteiger partial charge < -0.3 is 4.74 Å². The van der Waals surface area contributed by atoms with E-state index in [1.807, 2.05) is 30.3 Å². The van der Waals surface area contributed by atoms with Crippen molar-refractivity contribution in [1.29, 1.82) is 5.26 Å². The first kappa shape index (κ1) is 14.5. The van der Waals surface area contributed by atoms with E-state index in [-0.39, 0.29) is 0 Å². The predicted octanol–water partition coefficient (Wildman–Crippen LogP) is 2.85. The largest absolute Gasteiger partial charge is 0.468 e. The molecule has 2 aromatic carbocycles. The predicted molar refractivity (Wildman–Crippen MR) is 77.3 cm³/mol. The summed E-state index contributed by atoms with van der Waals surface area (Å²) in [5, 5.41) is 8.92. The van der Waals surface area contributed by atoms with E-state index >= 15 is 0 Å². The number of methoxy groups -OCH3 is 1. The first-order valence-electron chi connectivity index (χ1n) is 6.34. The molecule has 4 nitrogen and oxygen atoms in total. The molecule has 0 saturated heterocycles. The molecule has 4 heteroatoms. The molecule has 2 rings (SSSR count). The van der Waals surface area contributed by atoms with E-state index in [0.717, 1.165) is 18.2 Å². The van der Waals surface area contributed by atoms with E-state index in [4.69, 9.17) is 5.26 Å². The standard InChI is InChI=1S/C17H13NO3/c1-21-17(20)15(11-18)16(19)14-9-7-13(8-10-14)12-5-3-2-4-6-12/h2-10,15H,1H3. The molecule has 0 heterocycles. The van der Waals surface area contributed by atoms with Crippen molar-refractivity contribution in [3.05, 3.63) is 60.2 Å². The Bertz CT molecular complexity index is 684. The third-order valence-corrected chi connectivity index (χ3v) is 3.10. The molecule has 0 aliphatic carbocycles. The maximum atomic E-state index is 12.1. The highest BCUT2D eigenvalue weighted by Crippen LogP contribution is 2.20. The lowest BCUT2D eigenvalue weighted by Gasteiger charge is -2.07. The molecule has 0 amide bonds. The Kier molecular flexibility index (Phi) is 4.47. The van der Waals surface area contributed by atoms with Crippen LogP contribution in [0.5, 0.6) is 0 Å². The normalized spacial score (nSPS) is 11.2. The SMILES string of the molecule is COC(=O)C(C#N)C(=O)c1ccc(-c2ccccc2)cc1. The van der Waals surface area contributed by atoms with Crippen LogP contribution >= 0.6 is 0 Å². The summed E-state index contributed by atoms with van der Waals surface area (Å²) in [5.74, 6) is -2.81. The Balaban J connectivity index is 2.25. The minimum Gasteiger partial charge on any atom is -0.468 e. The molecule has 0 radical (unpaired) electrons. The van der Waals surface area contributed by atoms with Crippen molar-refractivity contribution < 1.29 is 14.3 Å². The highest BCUT2D eigenvalue weighted by Gasteiger charge is 2.28. The molecule has 104 valence electrons. The number of carbonyl (C=O) groups is 2. The second kappa shape index (κ2) is 6.49. The molecule has 0 aromatic heterocycles. The summed E-state index contributed by atoms with van der Waals surface area (Å²) in [6.45, 7) is 0. The fourth-order valence-corrected chi connectivity index (χ4v) is 1.96. The van der Waals surface area contributed by atoms with Gasteiger partial charge in [0.25, 0.3) is 0 Å². The van der Waals surface area contributed by atoms with Crippen LogP contribution in [0.2, 0.25) is 0 Å². The maximum absolute atomic E-state index is 12.1. The van der Waals surface area contributed by atoms with Crippen molar-refractivity contribution in [1.82, 2.24) is 0 Å². The summed E-state index contributed by atoms with van der Waals surface area (Å²) in [7, 11) is 1.15. The van der Waals surface area contributed by atoms with Crippen LogP contribution in [-0.2, 0) is 9.53 Å². The van der Waals surface area contributed by atoms with E-state index in [0.29, 0.717) is 5.56 Å². The van der Waals surface area contributed by atoms with Crippen LogP contribution in [0.1, 0.15) is 10.4 Å². The highest BCUT2D eigenvalue weighted by atomic mass is 16.5. The number of esters is 1. The Hall–Kier alpha value is -2.93. The number of ketones is 1. The number of Topliss-reactive ketones (excluding diaryl/α,β-unsaturated/α-hetero) is 1. The smallest absolute Gasteiger partial charge is 0.331 e. The summed E-state index contributed by atoms with van der Waals surface area (Å²) in [5.41, 5.74) is 2.30. The zero-order chi connectivity index (χ0) is 15.2. The Morgan fingerprint density at radius 3 is 2.10 bits per heavy atom. The molecule has 1 unspecified atom stereocenters. The van der Waals surface area contributed by atoms with Crippen molar-refractivity contribution in [2.24, 2.45) is 5.92 Å². The van der Waals surface area contributed by atoms with E-state index in [2.05, 4.69) is 4.74 Å². The van der Waals surface area contributed by atoms with E-state index in [1.165, 1.54) is 0 Å². The molecule has 0 fully saturated rings. The van der Waals surface area contributed by atoms with Crippen molar-refractivity contribution in [2.45, 2.75) is 0 Å². The van der Waals surface area contributed by atoms with Crippen LogP contribution < -0.4 is 0 Å². The minimum absolute atomic E-state index is 0.312. The summed E-state index contributed by atoms with van der Waals surface area (Å²) < 4.78 is 4.46. The van der Waals surface area contributed by atoms with Gasteiger partial charge in [-0.25, -0.2) is 0 Å². The van der Waals surface area contributed by atoms with E-state index in [1.54, 1.807) is 30.3 Å². The summed E-state index contributed by atoms with van der Waals surface area (Å²) in [6.07, 6.45) is 0. The molecule has 0 aliphatic rings. The van der Waals surface area contributed by atoms with Crippen LogP contribution in [0.3, 0.4) is 0 Å². The van der Waals surface area contributed by atoms with Gasteiger partial charge in [0, 0.05) is 5.56 Å². The van der Waals surface area contributed by atoms with Crippen LogP contribution in [-0.4, -0.2) is 18.9 Å². The zero-order valence-electron chi connectivity index (χ0n) is 11.4. The van der Waals surface area contributed by atoms with Crippen molar-refractivity contribution >= 4 is 11.8 Å².